The second-order valence-electron chi connectivity index (χ2n) is 8.49. The molecule has 1 aliphatic rings. The predicted molar refractivity (Wildman–Crippen MR) is 128 cm³/mol. The number of rotatable bonds is 6. The first-order chi connectivity index (χ1) is 16.0. The third-order valence-electron chi connectivity index (χ3n) is 5.89. The maximum atomic E-state index is 13.0. The Labute approximate surface area is 196 Å². The van der Waals surface area contributed by atoms with Crippen LogP contribution in [0.1, 0.15) is 28.9 Å². The molecular weight excluding hydrogens is 434 g/mol. The number of Topliss-reactive ketones (excluding diaryl/α,β-unsaturated/α-hetero) is 1. The van der Waals surface area contributed by atoms with Gasteiger partial charge in [-0.1, -0.05) is 11.3 Å². The van der Waals surface area contributed by atoms with Crippen molar-refractivity contribution in [1.29, 1.82) is 0 Å². The molecule has 1 aliphatic heterocycles. The van der Waals surface area contributed by atoms with Crippen molar-refractivity contribution in [3.63, 3.8) is 0 Å². The van der Waals surface area contributed by atoms with Gasteiger partial charge in [-0.15, -0.1) is 16.9 Å². The smallest absolute Gasteiger partial charge is 0.169 e. The van der Waals surface area contributed by atoms with Crippen LogP contribution in [0.5, 0.6) is 0 Å². The molecule has 4 heterocycles. The Morgan fingerprint density at radius 3 is 2.70 bits per heavy atom. The van der Waals surface area contributed by atoms with Crippen LogP contribution in [0.3, 0.4) is 0 Å². The lowest BCUT2D eigenvalue weighted by molar-refractivity contribution is 0.0991. The zero-order valence-electron chi connectivity index (χ0n) is 18.7. The van der Waals surface area contributed by atoms with Crippen molar-refractivity contribution in [2.75, 3.05) is 20.1 Å². The van der Waals surface area contributed by atoms with Crippen molar-refractivity contribution < 1.29 is 4.79 Å². The molecule has 0 atom stereocenters. The average Bonchev–Trinajstić information content (AvgIpc) is 3.26. The highest BCUT2D eigenvalue weighted by Crippen LogP contribution is 2.29. The summed E-state index contributed by atoms with van der Waals surface area (Å²) in [6, 6.07) is 11.5. The number of hydrogen-bond acceptors (Lipinski definition) is 8. The third kappa shape index (κ3) is 5.09. The van der Waals surface area contributed by atoms with Crippen molar-refractivity contribution in [3.05, 3.63) is 60.0 Å². The molecule has 0 N–H and O–H groups in total. The number of hydrogen-bond donors (Lipinski definition) is 0. The molecule has 3 aromatic heterocycles. The molecule has 9 heteroatoms. The molecule has 5 rings (SSSR count). The Hall–Kier alpha value is -3.17. The lowest BCUT2D eigenvalue weighted by atomic mass is 10.1. The summed E-state index contributed by atoms with van der Waals surface area (Å²) in [7, 11) is 3.99. The van der Waals surface area contributed by atoms with Crippen molar-refractivity contribution >= 4 is 28.4 Å². The number of aryl methyl sites for hydroxylation is 1. The van der Waals surface area contributed by atoms with E-state index in [0.29, 0.717) is 16.5 Å². The monoisotopic (exact) mass is 459 g/mol. The van der Waals surface area contributed by atoms with Crippen LogP contribution < -0.4 is 0 Å². The molecule has 1 saturated heterocycles. The number of aromatic nitrogens is 6. The van der Waals surface area contributed by atoms with Crippen LogP contribution in [-0.2, 0) is 13.5 Å². The zero-order valence-corrected chi connectivity index (χ0v) is 19.5. The molecule has 0 saturated carbocycles. The normalized spacial score (nSPS) is 15.2. The maximum absolute atomic E-state index is 13.0. The van der Waals surface area contributed by atoms with Crippen molar-refractivity contribution in [2.24, 2.45) is 7.05 Å². The van der Waals surface area contributed by atoms with Gasteiger partial charge < -0.3 is 4.90 Å². The van der Waals surface area contributed by atoms with E-state index in [1.54, 1.807) is 28.7 Å². The lowest BCUT2D eigenvalue weighted by Crippen LogP contribution is -2.31. The van der Waals surface area contributed by atoms with E-state index in [2.05, 4.69) is 37.4 Å². The first-order valence-electron chi connectivity index (χ1n) is 11.0. The fourth-order valence-electron chi connectivity index (χ4n) is 4.00. The summed E-state index contributed by atoms with van der Waals surface area (Å²) in [6.07, 6.45) is 6.07. The number of nitrogens with zero attached hydrogens (tertiary/aromatic N) is 7. The topological polar surface area (TPSA) is 89.7 Å². The molecular formula is C24H25N7OS. The van der Waals surface area contributed by atoms with Gasteiger partial charge in [0, 0.05) is 35.0 Å². The van der Waals surface area contributed by atoms with Gasteiger partial charge in [0.1, 0.15) is 5.69 Å². The highest BCUT2D eigenvalue weighted by Gasteiger charge is 2.19. The van der Waals surface area contributed by atoms with Crippen LogP contribution in [0, 0.1) is 0 Å². The summed E-state index contributed by atoms with van der Waals surface area (Å²) in [5.41, 5.74) is 3.83. The Morgan fingerprint density at radius 2 is 1.91 bits per heavy atom. The van der Waals surface area contributed by atoms with E-state index in [1.807, 2.05) is 43.6 Å². The highest BCUT2D eigenvalue weighted by atomic mass is 32.2. The number of likely N-dealkylation sites (tertiary alicyclic amines) is 1. The molecule has 0 spiro atoms. The van der Waals surface area contributed by atoms with Crippen LogP contribution >= 0.6 is 11.8 Å². The first kappa shape index (κ1) is 21.7. The predicted octanol–water partition coefficient (Wildman–Crippen LogP) is 3.43. The van der Waals surface area contributed by atoms with Gasteiger partial charge in [0.25, 0.3) is 0 Å². The second kappa shape index (κ2) is 9.36. The summed E-state index contributed by atoms with van der Waals surface area (Å²) in [4.78, 5) is 19.8. The van der Waals surface area contributed by atoms with Gasteiger partial charge in [-0.05, 0) is 63.3 Å². The van der Waals surface area contributed by atoms with Gasteiger partial charge in [0.15, 0.2) is 5.78 Å². The van der Waals surface area contributed by atoms with Gasteiger partial charge in [-0.3, -0.25) is 9.48 Å². The fraction of sp³-hybridized carbons (Fsp3) is 0.333. The number of benzene rings is 1. The Bertz CT molecular complexity index is 1300. The number of carbonyl (C=O) groups is 1. The van der Waals surface area contributed by atoms with Crippen LogP contribution in [0.4, 0.5) is 0 Å². The largest absolute Gasteiger partial charge is 0.306 e. The number of ketones is 1. The molecule has 8 nitrogen and oxygen atoms in total. The minimum Gasteiger partial charge on any atom is -0.306 e. The SMILES string of the molecule is CN1CCC(Sc2cc(C(=O)Cc3cc4cc(-c5cn(C)nn5)ccc4nn3)ccn2)CC1. The van der Waals surface area contributed by atoms with Crippen molar-refractivity contribution in [1.82, 2.24) is 35.1 Å². The van der Waals surface area contributed by atoms with Gasteiger partial charge >= 0.3 is 0 Å². The Kier molecular flexibility index (Phi) is 6.15. The molecule has 0 aliphatic carbocycles. The summed E-state index contributed by atoms with van der Waals surface area (Å²) in [5, 5.41) is 19.1. The van der Waals surface area contributed by atoms with Gasteiger partial charge in [0.2, 0.25) is 0 Å². The summed E-state index contributed by atoms with van der Waals surface area (Å²) >= 11 is 1.78. The third-order valence-corrected chi connectivity index (χ3v) is 7.16. The number of piperidine rings is 1. The van der Waals surface area contributed by atoms with E-state index < -0.39 is 0 Å². The number of pyridine rings is 1. The standard InChI is InChI=1S/C24H25N7OS/c1-30-9-6-20(7-10-30)33-24-13-17(5-8-25-24)23(32)14-19-12-18-11-16(3-4-21(18)27-26-19)22-15-31(2)29-28-22/h3-5,8,11-13,15,20H,6-7,9-10,14H2,1-2H3. The second-order valence-corrected chi connectivity index (χ2v) is 9.81. The Balaban J connectivity index is 1.31. The van der Waals surface area contributed by atoms with E-state index in [4.69, 9.17) is 0 Å². The number of carbonyl (C=O) groups excluding carboxylic acids is 1. The Morgan fingerprint density at radius 1 is 1.06 bits per heavy atom. The maximum Gasteiger partial charge on any atom is 0.169 e. The number of fused-ring (bicyclic) bond motifs is 1. The molecule has 0 radical (unpaired) electrons. The quantitative estimate of drug-likeness (QED) is 0.405. The van der Waals surface area contributed by atoms with E-state index in [9.17, 15) is 4.79 Å². The molecule has 0 bridgehead atoms. The van der Waals surface area contributed by atoms with Crippen molar-refractivity contribution in [3.8, 4) is 11.3 Å². The molecule has 0 unspecified atom stereocenters. The van der Waals surface area contributed by atoms with Crippen molar-refractivity contribution in [2.45, 2.75) is 29.5 Å². The van der Waals surface area contributed by atoms with Crippen LogP contribution in [0.2, 0.25) is 0 Å². The lowest BCUT2D eigenvalue weighted by Gasteiger charge is -2.28. The molecule has 33 heavy (non-hydrogen) atoms. The summed E-state index contributed by atoms with van der Waals surface area (Å²) in [6.45, 7) is 2.21. The molecule has 168 valence electrons. The van der Waals surface area contributed by atoms with Crippen LogP contribution in [0.15, 0.2) is 53.8 Å². The molecule has 1 fully saturated rings. The van der Waals surface area contributed by atoms with E-state index in [0.717, 1.165) is 53.1 Å². The van der Waals surface area contributed by atoms with E-state index in [-0.39, 0.29) is 12.2 Å². The summed E-state index contributed by atoms with van der Waals surface area (Å²) < 4.78 is 1.67. The molecule has 1 aromatic carbocycles. The van der Waals surface area contributed by atoms with Crippen LogP contribution in [-0.4, -0.2) is 66.2 Å². The van der Waals surface area contributed by atoms with Gasteiger partial charge in [-0.25, -0.2) is 4.98 Å². The summed E-state index contributed by atoms with van der Waals surface area (Å²) in [5.74, 6) is 0.0151. The fourth-order valence-corrected chi connectivity index (χ4v) is 5.11. The van der Waals surface area contributed by atoms with Gasteiger partial charge in [-0.2, -0.15) is 10.2 Å². The van der Waals surface area contributed by atoms with E-state index in [1.165, 1.54) is 0 Å². The minimum absolute atomic E-state index is 0.0151. The minimum atomic E-state index is 0.0151. The molecule has 0 amide bonds. The van der Waals surface area contributed by atoms with Crippen LogP contribution in [0.25, 0.3) is 22.2 Å². The van der Waals surface area contributed by atoms with E-state index >= 15 is 0 Å². The number of thioether (sulfide) groups is 1. The highest BCUT2D eigenvalue weighted by molar-refractivity contribution is 7.99. The molecule has 4 aromatic rings. The first-order valence-corrected chi connectivity index (χ1v) is 11.9. The zero-order chi connectivity index (χ0) is 22.8. The van der Waals surface area contributed by atoms with Gasteiger partial charge in [0.05, 0.1) is 28.9 Å². The average molecular weight is 460 g/mol.